The lowest BCUT2D eigenvalue weighted by Gasteiger charge is -2.41. The van der Waals surface area contributed by atoms with Gasteiger partial charge in [-0.15, -0.1) is 0 Å². The number of aromatic nitrogens is 1. The number of hydrogen-bond donors (Lipinski definition) is 1. The molecule has 0 amide bonds. The third-order valence-electron chi connectivity index (χ3n) is 5.62. The van der Waals surface area contributed by atoms with Crippen molar-refractivity contribution in [3.05, 3.63) is 24.4 Å². The summed E-state index contributed by atoms with van der Waals surface area (Å²) in [4.78, 5) is 4.45. The van der Waals surface area contributed by atoms with Crippen molar-refractivity contribution in [3.63, 3.8) is 0 Å². The van der Waals surface area contributed by atoms with Crippen LogP contribution in [0, 0.1) is 5.92 Å². The number of aliphatic hydroxyl groups excluding tert-OH is 1. The first-order valence-electron chi connectivity index (χ1n) is 9.83. The maximum atomic E-state index is 9.92. The minimum Gasteiger partial charge on any atom is -0.448 e. The smallest absolute Gasteiger partial charge is 0.194 e. The number of ether oxygens (including phenoxy) is 1. The number of oxazole rings is 1. The van der Waals surface area contributed by atoms with Crippen molar-refractivity contribution in [2.75, 3.05) is 13.7 Å². The molecule has 0 aliphatic rings. The first-order valence-corrected chi connectivity index (χ1v) is 12.7. The fourth-order valence-electron chi connectivity index (χ4n) is 2.69. The summed E-state index contributed by atoms with van der Waals surface area (Å²) >= 11 is 0. The van der Waals surface area contributed by atoms with Crippen molar-refractivity contribution in [2.45, 2.75) is 84.2 Å². The minimum atomic E-state index is -1.97. The normalized spacial score (nSPS) is 16.2. The van der Waals surface area contributed by atoms with Crippen LogP contribution in [0.25, 0.3) is 5.57 Å². The van der Waals surface area contributed by atoms with Crippen LogP contribution in [0.15, 0.2) is 17.3 Å². The zero-order valence-corrected chi connectivity index (χ0v) is 19.5. The van der Waals surface area contributed by atoms with Crippen LogP contribution in [0.1, 0.15) is 59.0 Å². The molecule has 27 heavy (non-hydrogen) atoms. The number of allylic oxidation sites excluding steroid dienone is 1. The molecule has 0 bridgehead atoms. The summed E-state index contributed by atoms with van der Waals surface area (Å²) in [6.07, 6.45) is 3.77. The summed E-state index contributed by atoms with van der Waals surface area (Å²) in [6, 6.07) is 0. The Kier molecular flexibility index (Phi) is 8.93. The van der Waals surface area contributed by atoms with Crippen molar-refractivity contribution < 1.29 is 18.7 Å². The highest BCUT2D eigenvalue weighted by Gasteiger charge is 2.40. The third-order valence-corrected chi connectivity index (χ3v) is 10.1. The molecule has 1 rings (SSSR count). The van der Waals surface area contributed by atoms with Gasteiger partial charge in [-0.25, -0.2) is 4.98 Å². The third kappa shape index (κ3) is 7.18. The van der Waals surface area contributed by atoms with Gasteiger partial charge in [-0.1, -0.05) is 34.3 Å². The Labute approximate surface area is 166 Å². The molecule has 1 aromatic rings. The predicted molar refractivity (Wildman–Crippen MR) is 113 cm³/mol. The van der Waals surface area contributed by atoms with Crippen molar-refractivity contribution >= 4 is 13.9 Å². The summed E-state index contributed by atoms with van der Waals surface area (Å²) in [5.41, 5.74) is 1.72. The number of rotatable bonds is 11. The van der Waals surface area contributed by atoms with E-state index in [0.29, 0.717) is 5.92 Å². The van der Waals surface area contributed by atoms with Gasteiger partial charge in [0.2, 0.25) is 0 Å². The Morgan fingerprint density at radius 2 is 1.96 bits per heavy atom. The number of aryl methyl sites for hydroxylation is 1. The van der Waals surface area contributed by atoms with Crippen LogP contribution >= 0.6 is 0 Å². The van der Waals surface area contributed by atoms with Gasteiger partial charge < -0.3 is 18.7 Å². The molecular formula is C21H39NO4Si. The largest absolute Gasteiger partial charge is 0.448 e. The molecule has 0 aromatic carbocycles. The molecule has 1 unspecified atom stereocenters. The van der Waals surface area contributed by atoms with Crippen LogP contribution in [0.5, 0.6) is 0 Å². The zero-order chi connectivity index (χ0) is 20.8. The highest BCUT2D eigenvalue weighted by molar-refractivity contribution is 6.74. The number of methoxy groups -OCH3 is 1. The molecule has 1 N–H and O–H groups in total. The van der Waals surface area contributed by atoms with E-state index >= 15 is 0 Å². The molecule has 0 aliphatic heterocycles. The summed E-state index contributed by atoms with van der Waals surface area (Å²) in [7, 11) is -0.275. The van der Waals surface area contributed by atoms with Gasteiger partial charge in [0.05, 0.1) is 18.8 Å². The molecule has 5 nitrogen and oxygen atoms in total. The lowest BCUT2D eigenvalue weighted by molar-refractivity contribution is -0.0406. The van der Waals surface area contributed by atoms with Crippen molar-refractivity contribution in [2.24, 2.45) is 5.92 Å². The van der Waals surface area contributed by atoms with E-state index in [1.54, 1.807) is 13.4 Å². The predicted octanol–water partition coefficient (Wildman–Crippen LogP) is 5.06. The van der Waals surface area contributed by atoms with E-state index in [2.05, 4.69) is 52.4 Å². The van der Waals surface area contributed by atoms with Crippen molar-refractivity contribution in [1.82, 2.24) is 4.98 Å². The average molecular weight is 398 g/mol. The summed E-state index contributed by atoms with van der Waals surface area (Å²) < 4.78 is 17.6. The Bertz CT molecular complexity index is 591. The van der Waals surface area contributed by atoms with E-state index in [1.807, 2.05) is 6.92 Å². The first kappa shape index (κ1) is 24.1. The van der Waals surface area contributed by atoms with Crippen LogP contribution in [0.3, 0.4) is 0 Å². The second-order valence-electron chi connectivity index (χ2n) is 9.16. The molecule has 0 fully saturated rings. The van der Waals surface area contributed by atoms with Gasteiger partial charge in [-0.2, -0.15) is 0 Å². The molecule has 6 heteroatoms. The fraction of sp³-hybridized carbons (Fsp3) is 0.762. The topological polar surface area (TPSA) is 64.7 Å². The Balaban J connectivity index is 2.64. The molecule has 0 spiro atoms. The summed E-state index contributed by atoms with van der Waals surface area (Å²) in [6.45, 7) is 19.0. The van der Waals surface area contributed by atoms with Gasteiger partial charge >= 0.3 is 0 Å². The molecule has 0 aliphatic carbocycles. The maximum Gasteiger partial charge on any atom is 0.194 e. The van der Waals surface area contributed by atoms with Crippen LogP contribution in [-0.4, -0.2) is 44.3 Å². The Hall–Kier alpha value is -0.953. The lowest BCUT2D eigenvalue weighted by atomic mass is 9.96. The summed E-state index contributed by atoms with van der Waals surface area (Å²) in [5.74, 6) is 1.14. The highest BCUT2D eigenvalue weighted by atomic mass is 28.4. The van der Waals surface area contributed by atoms with E-state index in [4.69, 9.17) is 13.6 Å². The fourth-order valence-corrected chi connectivity index (χ4v) is 4.03. The molecule has 0 radical (unpaired) electrons. The van der Waals surface area contributed by atoms with Gasteiger partial charge in [-0.3, -0.25) is 0 Å². The van der Waals surface area contributed by atoms with Gasteiger partial charge in [0.15, 0.2) is 14.2 Å². The molecule has 3 atom stereocenters. The molecule has 0 saturated carbocycles. The molecule has 1 heterocycles. The van der Waals surface area contributed by atoms with E-state index in [9.17, 15) is 5.11 Å². The van der Waals surface area contributed by atoms with Gasteiger partial charge in [0, 0.05) is 13.5 Å². The average Bonchev–Trinajstić information content (AvgIpc) is 3.04. The quantitative estimate of drug-likeness (QED) is 0.528. The van der Waals surface area contributed by atoms with Gasteiger partial charge in [0.1, 0.15) is 12.0 Å². The number of nitrogens with zero attached hydrogens (tertiary/aromatic N) is 1. The van der Waals surface area contributed by atoms with Gasteiger partial charge in [0.25, 0.3) is 0 Å². The lowest BCUT2D eigenvalue weighted by Crippen LogP contribution is -2.49. The van der Waals surface area contributed by atoms with Crippen LogP contribution in [-0.2, 0) is 15.6 Å². The van der Waals surface area contributed by atoms with Crippen LogP contribution in [0.4, 0.5) is 0 Å². The standard InChI is InChI=1S/C21H39NO4Si/c1-15(2)17-14-25-20(22-17)11-10-16(3)12-18(24-7)19(13-23)26-27(8,9)21(4,5)6/h14,16,18-19,23H,1,10-13H2,2-9H3/t16?,18-,19-/m0/s1. The van der Waals surface area contributed by atoms with Crippen LogP contribution < -0.4 is 0 Å². The van der Waals surface area contributed by atoms with Crippen molar-refractivity contribution in [1.29, 1.82) is 0 Å². The van der Waals surface area contributed by atoms with E-state index in [1.165, 1.54) is 0 Å². The SMILES string of the molecule is C=C(C)c1coc(CCC(C)C[C@H](OC)[C@H](CO)O[Si](C)(C)C(C)(C)C)n1. The van der Waals surface area contributed by atoms with E-state index in [0.717, 1.165) is 36.4 Å². The van der Waals surface area contributed by atoms with E-state index < -0.39 is 8.32 Å². The minimum absolute atomic E-state index is 0.0283. The molecule has 0 saturated heterocycles. The highest BCUT2D eigenvalue weighted by Crippen LogP contribution is 2.38. The molecule has 156 valence electrons. The number of hydrogen-bond acceptors (Lipinski definition) is 5. The maximum absolute atomic E-state index is 9.92. The molecule has 1 aromatic heterocycles. The number of aliphatic hydroxyl groups is 1. The Morgan fingerprint density at radius 1 is 1.33 bits per heavy atom. The monoisotopic (exact) mass is 397 g/mol. The van der Waals surface area contributed by atoms with E-state index in [-0.39, 0.29) is 23.9 Å². The second kappa shape index (κ2) is 10.0. The molecular weight excluding hydrogens is 358 g/mol. The van der Waals surface area contributed by atoms with Crippen molar-refractivity contribution in [3.8, 4) is 0 Å². The second-order valence-corrected chi connectivity index (χ2v) is 13.9. The Morgan fingerprint density at radius 3 is 2.41 bits per heavy atom. The van der Waals surface area contributed by atoms with Gasteiger partial charge in [-0.05, 0) is 49.4 Å². The first-order chi connectivity index (χ1) is 12.4. The van der Waals surface area contributed by atoms with Crippen LogP contribution in [0.2, 0.25) is 18.1 Å². The zero-order valence-electron chi connectivity index (χ0n) is 18.5. The summed E-state index contributed by atoms with van der Waals surface area (Å²) in [5, 5.41) is 10.0.